The number of hydrogen-bond acceptors (Lipinski definition) is 4. The molecule has 1 aliphatic rings. The molecule has 0 saturated carbocycles. The van der Waals surface area contributed by atoms with Gasteiger partial charge in [-0.1, -0.05) is 60.7 Å². The summed E-state index contributed by atoms with van der Waals surface area (Å²) in [6.07, 6.45) is 0. The van der Waals surface area contributed by atoms with Crippen molar-refractivity contribution in [2.45, 2.75) is 13.1 Å². The number of rotatable bonds is 7. The lowest BCUT2D eigenvalue weighted by Gasteiger charge is -2.25. The van der Waals surface area contributed by atoms with E-state index in [1.807, 2.05) is 60.7 Å². The van der Waals surface area contributed by atoms with Gasteiger partial charge in [-0.2, -0.15) is 0 Å². The van der Waals surface area contributed by atoms with Gasteiger partial charge in [0.15, 0.2) is 0 Å². The Morgan fingerprint density at radius 2 is 1.52 bits per heavy atom. The molecule has 3 aromatic rings. The van der Waals surface area contributed by atoms with E-state index in [0.29, 0.717) is 12.1 Å². The molecule has 4 rings (SSSR count). The van der Waals surface area contributed by atoms with Gasteiger partial charge in [-0.3, -0.25) is 24.9 Å². The first-order valence-electron chi connectivity index (χ1n) is 9.95. The minimum atomic E-state index is -0.397. The molecule has 1 fully saturated rings. The van der Waals surface area contributed by atoms with Crippen LogP contribution >= 0.6 is 0 Å². The number of hydrogen-bond donors (Lipinski definition) is 2. The molecule has 3 aromatic carbocycles. The van der Waals surface area contributed by atoms with E-state index < -0.39 is 6.03 Å². The van der Waals surface area contributed by atoms with Gasteiger partial charge in [0.05, 0.1) is 25.3 Å². The molecule has 1 aliphatic heterocycles. The van der Waals surface area contributed by atoms with Crippen LogP contribution in [0.5, 0.6) is 0 Å². The maximum absolute atomic E-state index is 12.9. The summed E-state index contributed by atoms with van der Waals surface area (Å²) in [4.78, 5) is 37.5. The zero-order chi connectivity index (χ0) is 21.6. The highest BCUT2D eigenvalue weighted by molar-refractivity contribution is 6.01. The monoisotopic (exact) mass is 414 g/mol. The number of hydrazine groups is 1. The molecule has 7 heteroatoms. The highest BCUT2D eigenvalue weighted by atomic mass is 16.2. The molecule has 7 nitrogen and oxygen atoms in total. The number of amides is 4. The van der Waals surface area contributed by atoms with Gasteiger partial charge in [0.25, 0.3) is 5.91 Å². The first-order chi connectivity index (χ1) is 15.1. The van der Waals surface area contributed by atoms with E-state index in [9.17, 15) is 14.4 Å². The van der Waals surface area contributed by atoms with E-state index in [4.69, 9.17) is 0 Å². The van der Waals surface area contributed by atoms with Gasteiger partial charge in [0, 0.05) is 5.56 Å². The lowest BCUT2D eigenvalue weighted by Crippen LogP contribution is -2.42. The maximum atomic E-state index is 12.9. The average molecular weight is 414 g/mol. The van der Waals surface area contributed by atoms with Crippen molar-refractivity contribution in [2.24, 2.45) is 0 Å². The lowest BCUT2D eigenvalue weighted by atomic mass is 10.1. The molecule has 0 aromatic heterocycles. The molecule has 0 aliphatic carbocycles. The second-order valence-corrected chi connectivity index (χ2v) is 7.18. The van der Waals surface area contributed by atoms with Crippen LogP contribution < -0.4 is 15.8 Å². The van der Waals surface area contributed by atoms with Crippen molar-refractivity contribution in [3.05, 3.63) is 102 Å². The zero-order valence-corrected chi connectivity index (χ0v) is 16.8. The van der Waals surface area contributed by atoms with Gasteiger partial charge < -0.3 is 5.32 Å². The first kappa shape index (κ1) is 20.2. The summed E-state index contributed by atoms with van der Waals surface area (Å²) in [7, 11) is 0. The first-order valence-corrected chi connectivity index (χ1v) is 9.95. The third-order valence-corrected chi connectivity index (χ3v) is 4.98. The lowest BCUT2D eigenvalue weighted by molar-refractivity contribution is -0.125. The number of carbonyl (C=O) groups is 3. The van der Waals surface area contributed by atoms with E-state index >= 15 is 0 Å². The third kappa shape index (κ3) is 4.90. The van der Waals surface area contributed by atoms with Crippen LogP contribution in [-0.4, -0.2) is 29.3 Å². The largest absolute Gasteiger partial charge is 0.329 e. The predicted octanol–water partition coefficient (Wildman–Crippen LogP) is 3.09. The number of anilines is 1. The highest BCUT2D eigenvalue weighted by Gasteiger charge is 2.28. The number of carbonyl (C=O) groups excluding carboxylic acids is 3. The van der Waals surface area contributed by atoms with Crippen molar-refractivity contribution in [2.75, 3.05) is 11.6 Å². The minimum Gasteiger partial charge on any atom is -0.329 e. The normalized spacial score (nSPS) is 13.1. The fraction of sp³-hybridized carbons (Fsp3) is 0.125. The van der Waals surface area contributed by atoms with E-state index in [1.165, 1.54) is 0 Å². The molecule has 2 N–H and O–H groups in total. The Balaban J connectivity index is 1.46. The molecule has 0 spiro atoms. The Morgan fingerprint density at radius 3 is 2.13 bits per heavy atom. The van der Waals surface area contributed by atoms with Crippen LogP contribution in [0, 0.1) is 0 Å². The Labute approximate surface area is 180 Å². The second kappa shape index (κ2) is 9.13. The molecular weight excluding hydrogens is 392 g/mol. The molecule has 0 radical (unpaired) electrons. The third-order valence-electron chi connectivity index (χ3n) is 4.98. The summed E-state index contributed by atoms with van der Waals surface area (Å²) in [5.74, 6) is -0.507. The van der Waals surface area contributed by atoms with Gasteiger partial charge in [0.1, 0.15) is 0 Å². The number of urea groups is 1. The van der Waals surface area contributed by atoms with Crippen LogP contribution in [0.2, 0.25) is 0 Å². The van der Waals surface area contributed by atoms with Crippen molar-refractivity contribution in [3.63, 3.8) is 0 Å². The molecule has 4 amide bonds. The molecular formula is C24H22N4O3. The van der Waals surface area contributed by atoms with E-state index in [2.05, 4.69) is 10.7 Å². The van der Waals surface area contributed by atoms with Crippen LogP contribution in [0.3, 0.4) is 0 Å². The highest BCUT2D eigenvalue weighted by Crippen LogP contribution is 2.16. The Hall–Kier alpha value is -4.13. The Bertz CT molecular complexity index is 1050. The van der Waals surface area contributed by atoms with Crippen molar-refractivity contribution in [1.82, 2.24) is 15.6 Å². The Kier molecular flexibility index (Phi) is 5.93. The fourth-order valence-electron chi connectivity index (χ4n) is 3.32. The molecule has 0 unspecified atom stereocenters. The summed E-state index contributed by atoms with van der Waals surface area (Å²) in [5.41, 5.74) is 6.16. The predicted molar refractivity (Wildman–Crippen MR) is 117 cm³/mol. The van der Waals surface area contributed by atoms with Crippen molar-refractivity contribution >= 4 is 23.5 Å². The van der Waals surface area contributed by atoms with Gasteiger partial charge in [-0.15, -0.1) is 0 Å². The molecule has 156 valence electrons. The van der Waals surface area contributed by atoms with E-state index in [1.54, 1.807) is 29.3 Å². The van der Waals surface area contributed by atoms with Gasteiger partial charge >= 0.3 is 6.03 Å². The van der Waals surface area contributed by atoms with E-state index in [0.717, 1.165) is 21.7 Å². The zero-order valence-electron chi connectivity index (χ0n) is 16.8. The summed E-state index contributed by atoms with van der Waals surface area (Å²) in [5, 5.41) is 4.30. The standard InChI is InChI=1S/C24H22N4O3/c29-22-15-25-24(31)27(22)16-19-11-13-20(14-12-19)23(30)26-28(21-9-5-2-6-10-21)17-18-7-3-1-4-8-18/h1-14H,15-17H2,(H,25,31)(H,26,30). The van der Waals surface area contributed by atoms with E-state index in [-0.39, 0.29) is 24.9 Å². The van der Waals surface area contributed by atoms with Crippen molar-refractivity contribution in [1.29, 1.82) is 0 Å². The van der Waals surface area contributed by atoms with Gasteiger partial charge in [-0.25, -0.2) is 4.79 Å². The number of imide groups is 1. The second-order valence-electron chi connectivity index (χ2n) is 7.18. The van der Waals surface area contributed by atoms with Crippen LogP contribution in [0.1, 0.15) is 21.5 Å². The minimum absolute atomic E-state index is 0.0239. The summed E-state index contributed by atoms with van der Waals surface area (Å²) in [6.45, 7) is 0.716. The smallest absolute Gasteiger partial charge is 0.324 e. The quantitative estimate of drug-likeness (QED) is 0.460. The maximum Gasteiger partial charge on any atom is 0.324 e. The van der Waals surface area contributed by atoms with Gasteiger partial charge in [0.2, 0.25) is 5.91 Å². The van der Waals surface area contributed by atoms with Crippen LogP contribution in [0.15, 0.2) is 84.9 Å². The van der Waals surface area contributed by atoms with Crippen LogP contribution in [0.4, 0.5) is 10.5 Å². The van der Waals surface area contributed by atoms with Crippen molar-refractivity contribution < 1.29 is 14.4 Å². The SMILES string of the molecule is O=C(NN(Cc1ccccc1)c1ccccc1)c1ccc(CN2C(=O)CNC2=O)cc1. The fourth-order valence-corrected chi connectivity index (χ4v) is 3.32. The molecule has 1 saturated heterocycles. The van der Waals surface area contributed by atoms with Gasteiger partial charge in [-0.05, 0) is 35.4 Å². The van der Waals surface area contributed by atoms with Crippen LogP contribution in [-0.2, 0) is 17.9 Å². The molecule has 0 atom stereocenters. The topological polar surface area (TPSA) is 81.8 Å². The number of nitrogens with zero attached hydrogens (tertiary/aromatic N) is 2. The average Bonchev–Trinajstić information content (AvgIpc) is 3.12. The summed E-state index contributed by atoms with van der Waals surface area (Å²) < 4.78 is 0. The molecule has 1 heterocycles. The summed E-state index contributed by atoms with van der Waals surface area (Å²) >= 11 is 0. The van der Waals surface area contributed by atoms with Crippen LogP contribution in [0.25, 0.3) is 0 Å². The molecule has 0 bridgehead atoms. The number of benzene rings is 3. The number of nitrogens with one attached hydrogen (secondary N) is 2. The summed E-state index contributed by atoms with van der Waals surface area (Å²) in [6, 6.07) is 26.0. The molecule has 31 heavy (non-hydrogen) atoms. The number of para-hydroxylation sites is 1. The van der Waals surface area contributed by atoms with Crippen molar-refractivity contribution in [3.8, 4) is 0 Å². The Morgan fingerprint density at radius 1 is 0.871 bits per heavy atom.